The Bertz CT molecular complexity index is 1700. The number of imidazole rings is 1. The Balaban J connectivity index is 1.38. The van der Waals surface area contributed by atoms with E-state index >= 15 is 0 Å². The van der Waals surface area contributed by atoms with E-state index < -0.39 is 17.6 Å². The summed E-state index contributed by atoms with van der Waals surface area (Å²) in [7, 11) is 1.85. The first-order valence-electron chi connectivity index (χ1n) is 11.1. The van der Waals surface area contributed by atoms with Crippen molar-refractivity contribution in [3.05, 3.63) is 101 Å². The summed E-state index contributed by atoms with van der Waals surface area (Å²) in [5.41, 5.74) is 4.15. The van der Waals surface area contributed by atoms with Crippen LogP contribution < -0.4 is 5.32 Å². The van der Waals surface area contributed by atoms with E-state index in [1.165, 1.54) is 0 Å². The van der Waals surface area contributed by atoms with Gasteiger partial charge in [-0.2, -0.15) is 18.3 Å². The molecule has 2 aromatic carbocycles. The van der Waals surface area contributed by atoms with Gasteiger partial charge in [-0.1, -0.05) is 17.9 Å². The number of hydrogen-bond donors (Lipinski definition) is 1. The summed E-state index contributed by atoms with van der Waals surface area (Å²) in [5, 5.41) is 6.61. The lowest BCUT2D eigenvalue weighted by Gasteiger charge is -2.09. The Morgan fingerprint density at radius 1 is 1.03 bits per heavy atom. The molecule has 0 saturated carbocycles. The van der Waals surface area contributed by atoms with Crippen molar-refractivity contribution in [1.29, 1.82) is 0 Å². The van der Waals surface area contributed by atoms with Crippen molar-refractivity contribution in [1.82, 2.24) is 24.3 Å². The first-order chi connectivity index (χ1) is 17.7. The fraction of sp³-hybridized carbons (Fsp3) is 0.111. The van der Waals surface area contributed by atoms with E-state index in [4.69, 9.17) is 0 Å². The lowest BCUT2D eigenvalue weighted by molar-refractivity contribution is -0.137. The van der Waals surface area contributed by atoms with Crippen LogP contribution in [0.2, 0.25) is 0 Å². The van der Waals surface area contributed by atoms with Crippen LogP contribution in [0.5, 0.6) is 0 Å². The molecule has 0 unspecified atom stereocenters. The van der Waals surface area contributed by atoms with Gasteiger partial charge in [-0.05, 0) is 55.0 Å². The van der Waals surface area contributed by atoms with Crippen LogP contribution in [0.15, 0.2) is 73.4 Å². The van der Waals surface area contributed by atoms with Crippen molar-refractivity contribution in [2.75, 3.05) is 5.32 Å². The number of alkyl halides is 3. The van der Waals surface area contributed by atoms with Crippen LogP contribution in [0.3, 0.4) is 0 Å². The van der Waals surface area contributed by atoms with Crippen LogP contribution in [0.25, 0.3) is 16.7 Å². The molecule has 0 fully saturated rings. The molecule has 0 aliphatic carbocycles. The molecule has 0 radical (unpaired) electrons. The normalized spacial score (nSPS) is 11.3. The summed E-state index contributed by atoms with van der Waals surface area (Å²) in [6.45, 7) is 1.86. The van der Waals surface area contributed by atoms with E-state index in [-0.39, 0.29) is 11.4 Å². The molecule has 1 N–H and O–H groups in total. The second-order valence-corrected chi connectivity index (χ2v) is 8.35. The Morgan fingerprint density at radius 3 is 2.62 bits per heavy atom. The van der Waals surface area contributed by atoms with E-state index in [2.05, 4.69) is 32.2 Å². The summed E-state index contributed by atoms with van der Waals surface area (Å²) in [4.78, 5) is 21.0. The second kappa shape index (κ2) is 9.28. The minimum Gasteiger partial charge on any atom is -0.307 e. The summed E-state index contributed by atoms with van der Waals surface area (Å²) in [6.07, 6.45) is 1.84. The molecule has 5 rings (SSSR count). The monoisotopic (exact) mass is 500 g/mol. The van der Waals surface area contributed by atoms with Gasteiger partial charge in [-0.15, -0.1) is 0 Å². The van der Waals surface area contributed by atoms with Gasteiger partial charge in [0, 0.05) is 36.1 Å². The Hall–Kier alpha value is -4.91. The zero-order valence-electron chi connectivity index (χ0n) is 19.7. The molecule has 0 aliphatic heterocycles. The van der Waals surface area contributed by atoms with Gasteiger partial charge in [-0.3, -0.25) is 14.0 Å². The minimum atomic E-state index is -4.53. The van der Waals surface area contributed by atoms with Crippen molar-refractivity contribution in [2.24, 2.45) is 7.05 Å². The number of hydrogen-bond acceptors (Lipinski definition) is 4. The van der Waals surface area contributed by atoms with Crippen LogP contribution in [0, 0.1) is 18.8 Å². The number of aryl methyl sites for hydroxylation is 2. The molecular weight excluding hydrogens is 481 g/mol. The van der Waals surface area contributed by atoms with Gasteiger partial charge in [0.15, 0.2) is 0 Å². The predicted octanol–water partition coefficient (Wildman–Crippen LogP) is 5.13. The molecule has 0 bridgehead atoms. The third-order valence-corrected chi connectivity index (χ3v) is 5.69. The predicted molar refractivity (Wildman–Crippen MR) is 132 cm³/mol. The first-order valence-corrected chi connectivity index (χ1v) is 11.1. The molecule has 3 aromatic heterocycles. The SMILES string of the molecule is Cc1ccc(C(=O)Nc2cc(C(F)(F)F)ccn2)cc1C#Cc1ccc2c(c1)ncn2-c1cnn(C)c1. The number of amides is 1. The highest BCUT2D eigenvalue weighted by atomic mass is 19.4. The Labute approximate surface area is 209 Å². The third kappa shape index (κ3) is 5.06. The van der Waals surface area contributed by atoms with E-state index in [1.807, 2.05) is 42.9 Å². The van der Waals surface area contributed by atoms with Gasteiger partial charge in [0.2, 0.25) is 0 Å². The number of nitrogens with one attached hydrogen (secondary N) is 1. The molecule has 0 atom stereocenters. The maximum atomic E-state index is 13.0. The van der Waals surface area contributed by atoms with Gasteiger partial charge in [0.1, 0.15) is 12.1 Å². The fourth-order valence-electron chi connectivity index (χ4n) is 3.73. The topological polar surface area (TPSA) is 77.6 Å². The molecule has 37 heavy (non-hydrogen) atoms. The second-order valence-electron chi connectivity index (χ2n) is 8.35. The van der Waals surface area contributed by atoms with E-state index in [0.717, 1.165) is 46.2 Å². The van der Waals surface area contributed by atoms with Crippen molar-refractivity contribution in [2.45, 2.75) is 13.1 Å². The van der Waals surface area contributed by atoms with Gasteiger partial charge in [0.05, 0.1) is 28.5 Å². The van der Waals surface area contributed by atoms with Gasteiger partial charge >= 0.3 is 6.18 Å². The molecule has 0 spiro atoms. The average Bonchev–Trinajstić information content (AvgIpc) is 3.48. The zero-order chi connectivity index (χ0) is 26.2. The smallest absolute Gasteiger partial charge is 0.307 e. The maximum absolute atomic E-state index is 13.0. The van der Waals surface area contributed by atoms with Crippen LogP contribution in [-0.4, -0.2) is 30.2 Å². The highest BCUT2D eigenvalue weighted by Gasteiger charge is 2.30. The molecule has 1 amide bonds. The quantitative estimate of drug-likeness (QED) is 0.349. The number of pyridine rings is 1. The van der Waals surface area contributed by atoms with Crippen LogP contribution in [0.1, 0.15) is 32.6 Å². The largest absolute Gasteiger partial charge is 0.416 e. The summed E-state index contributed by atoms with van der Waals surface area (Å²) >= 11 is 0. The minimum absolute atomic E-state index is 0.188. The molecular formula is C27H19F3N6O. The zero-order valence-corrected chi connectivity index (χ0v) is 19.7. The number of fused-ring (bicyclic) bond motifs is 1. The van der Waals surface area contributed by atoms with Crippen LogP contribution in [0.4, 0.5) is 19.0 Å². The molecule has 184 valence electrons. The van der Waals surface area contributed by atoms with Crippen molar-refractivity contribution < 1.29 is 18.0 Å². The molecule has 3 heterocycles. The number of carbonyl (C=O) groups is 1. The third-order valence-electron chi connectivity index (χ3n) is 5.69. The molecule has 0 aliphatic rings. The number of anilines is 1. The summed E-state index contributed by atoms with van der Waals surface area (Å²) in [5.74, 6) is 5.41. The lowest BCUT2D eigenvalue weighted by atomic mass is 10.0. The van der Waals surface area contributed by atoms with Crippen LogP contribution >= 0.6 is 0 Å². The van der Waals surface area contributed by atoms with Crippen molar-refractivity contribution in [3.63, 3.8) is 0 Å². The Morgan fingerprint density at radius 2 is 1.86 bits per heavy atom. The van der Waals surface area contributed by atoms with E-state index in [1.54, 1.807) is 35.4 Å². The molecule has 0 saturated heterocycles. The highest BCUT2D eigenvalue weighted by Crippen LogP contribution is 2.30. The van der Waals surface area contributed by atoms with E-state index in [0.29, 0.717) is 5.56 Å². The van der Waals surface area contributed by atoms with Gasteiger partial charge < -0.3 is 5.32 Å². The number of rotatable bonds is 3. The number of aromatic nitrogens is 5. The number of carbonyl (C=O) groups excluding carboxylic acids is 1. The molecule has 5 aromatic rings. The summed E-state index contributed by atoms with van der Waals surface area (Å²) in [6, 6.07) is 12.2. The maximum Gasteiger partial charge on any atom is 0.416 e. The van der Waals surface area contributed by atoms with Gasteiger partial charge in [0.25, 0.3) is 5.91 Å². The molecule has 10 heteroatoms. The Kier molecular flexibility index (Phi) is 5.97. The van der Waals surface area contributed by atoms with Crippen molar-refractivity contribution >= 4 is 22.8 Å². The highest BCUT2D eigenvalue weighted by molar-refractivity contribution is 6.04. The standard InChI is InChI=1S/C27H19F3N6O/c1-17-3-6-20(26(37)34-25-13-21(9-10-31-25)27(28,29)30)12-19(17)7-4-18-5-8-24-23(11-18)32-16-36(24)22-14-33-35(2)15-22/h3,5-6,8-16H,1-2H3,(H,31,34,37). The first kappa shape index (κ1) is 23.8. The summed E-state index contributed by atoms with van der Waals surface area (Å²) < 4.78 is 42.5. The van der Waals surface area contributed by atoms with E-state index in [9.17, 15) is 18.0 Å². The fourth-order valence-corrected chi connectivity index (χ4v) is 3.73. The number of halogens is 3. The van der Waals surface area contributed by atoms with Crippen molar-refractivity contribution in [3.8, 4) is 17.5 Å². The average molecular weight is 500 g/mol. The number of benzene rings is 2. The van der Waals surface area contributed by atoms with Crippen LogP contribution in [-0.2, 0) is 13.2 Å². The molecule has 7 nitrogen and oxygen atoms in total. The van der Waals surface area contributed by atoms with Gasteiger partial charge in [-0.25, -0.2) is 9.97 Å². The number of nitrogens with zero attached hydrogens (tertiary/aromatic N) is 5. The lowest BCUT2D eigenvalue weighted by Crippen LogP contribution is -2.14.